The summed E-state index contributed by atoms with van der Waals surface area (Å²) in [5.74, 6) is 0.427. The average molecular weight is 368 g/mol. The first-order chi connectivity index (χ1) is 13.1. The smallest absolute Gasteiger partial charge is 0.226 e. The molecule has 1 N–H and O–H groups in total. The number of nitrogens with one attached hydrogen (secondary N) is 1. The number of carbonyl (C=O) groups is 1. The average Bonchev–Trinajstić information content (AvgIpc) is 3.38. The third-order valence-corrected chi connectivity index (χ3v) is 5.00. The molecule has 0 aromatic carbocycles. The van der Waals surface area contributed by atoms with Crippen LogP contribution in [0.2, 0.25) is 0 Å². The highest BCUT2D eigenvalue weighted by atomic mass is 16.5. The van der Waals surface area contributed by atoms with Crippen LogP contribution in [0, 0.1) is 5.92 Å². The number of rotatable bonds is 5. The normalized spacial score (nSPS) is 21.0. The Balaban J connectivity index is 1.52. The van der Waals surface area contributed by atoms with Gasteiger partial charge in [-0.3, -0.25) is 13.9 Å². The lowest BCUT2D eigenvalue weighted by Crippen LogP contribution is -2.35. The molecule has 3 aromatic heterocycles. The minimum Gasteiger partial charge on any atom is -0.371 e. The molecule has 1 amide bonds. The van der Waals surface area contributed by atoms with E-state index >= 15 is 0 Å². The van der Waals surface area contributed by atoms with E-state index in [0.717, 1.165) is 11.3 Å². The minimum atomic E-state index is -0.280. The molecule has 0 unspecified atom stereocenters. The molecular formula is C19H24N6O2. The predicted molar refractivity (Wildman–Crippen MR) is 99.0 cm³/mol. The fraction of sp³-hybridized carbons (Fsp3) is 0.474. The topological polar surface area (TPSA) is 86.3 Å². The van der Waals surface area contributed by atoms with Gasteiger partial charge in [0.25, 0.3) is 0 Å². The molecule has 0 bridgehead atoms. The summed E-state index contributed by atoms with van der Waals surface area (Å²) >= 11 is 0. The van der Waals surface area contributed by atoms with Crippen LogP contribution in [0.5, 0.6) is 0 Å². The van der Waals surface area contributed by atoms with Crippen molar-refractivity contribution in [2.24, 2.45) is 5.92 Å². The summed E-state index contributed by atoms with van der Waals surface area (Å²) in [6.45, 7) is 6.62. The zero-order chi connectivity index (χ0) is 19.0. The first-order valence-corrected chi connectivity index (χ1v) is 9.31. The SMILES string of the molecule is CC(C)n1nccc1[C@H]1OCC[C@@H]1C(=O)N[C@@H](C)c1nnc2ccccn12. The molecule has 1 saturated heterocycles. The number of amides is 1. The maximum absolute atomic E-state index is 13.0. The molecule has 8 nitrogen and oxygen atoms in total. The van der Waals surface area contributed by atoms with E-state index in [4.69, 9.17) is 4.74 Å². The van der Waals surface area contributed by atoms with Gasteiger partial charge >= 0.3 is 0 Å². The van der Waals surface area contributed by atoms with E-state index in [-0.39, 0.29) is 30.0 Å². The second-order valence-electron chi connectivity index (χ2n) is 7.20. The summed E-state index contributed by atoms with van der Waals surface area (Å²) < 4.78 is 9.72. The molecule has 4 rings (SSSR count). The molecule has 1 aliphatic heterocycles. The molecule has 1 fully saturated rings. The zero-order valence-corrected chi connectivity index (χ0v) is 15.7. The van der Waals surface area contributed by atoms with Crippen LogP contribution in [0.1, 0.15) is 56.9 Å². The molecule has 3 aromatic rings. The zero-order valence-electron chi connectivity index (χ0n) is 15.7. The van der Waals surface area contributed by atoms with Crippen molar-refractivity contribution in [1.82, 2.24) is 29.7 Å². The lowest BCUT2D eigenvalue weighted by molar-refractivity contribution is -0.127. The van der Waals surface area contributed by atoms with Gasteiger partial charge in [0, 0.05) is 25.0 Å². The van der Waals surface area contributed by atoms with Crippen LogP contribution in [0.4, 0.5) is 0 Å². The summed E-state index contributed by atoms with van der Waals surface area (Å²) in [6, 6.07) is 7.61. The van der Waals surface area contributed by atoms with Crippen molar-refractivity contribution in [3.8, 4) is 0 Å². The summed E-state index contributed by atoms with van der Waals surface area (Å²) in [5.41, 5.74) is 1.71. The third kappa shape index (κ3) is 3.21. The van der Waals surface area contributed by atoms with Crippen LogP contribution in [-0.4, -0.2) is 36.9 Å². The van der Waals surface area contributed by atoms with Crippen LogP contribution >= 0.6 is 0 Å². The highest BCUT2D eigenvalue weighted by Crippen LogP contribution is 2.35. The van der Waals surface area contributed by atoms with Gasteiger partial charge in [0.05, 0.1) is 17.7 Å². The number of hydrogen-bond acceptors (Lipinski definition) is 5. The second kappa shape index (κ2) is 7.11. The van der Waals surface area contributed by atoms with Gasteiger partial charge in [-0.05, 0) is 45.4 Å². The lowest BCUT2D eigenvalue weighted by atomic mass is 9.97. The number of hydrogen-bond donors (Lipinski definition) is 1. The van der Waals surface area contributed by atoms with Gasteiger partial charge in [-0.2, -0.15) is 5.10 Å². The molecule has 4 heterocycles. The minimum absolute atomic E-state index is 0.0332. The Bertz CT molecular complexity index is 946. The van der Waals surface area contributed by atoms with Gasteiger partial charge in [-0.25, -0.2) is 0 Å². The summed E-state index contributed by atoms with van der Waals surface area (Å²) in [5, 5.41) is 15.8. The lowest BCUT2D eigenvalue weighted by Gasteiger charge is -2.22. The van der Waals surface area contributed by atoms with E-state index in [1.54, 1.807) is 6.20 Å². The van der Waals surface area contributed by atoms with Crippen molar-refractivity contribution in [3.05, 3.63) is 48.2 Å². The summed E-state index contributed by atoms with van der Waals surface area (Å²) in [7, 11) is 0. The van der Waals surface area contributed by atoms with Crippen molar-refractivity contribution in [2.45, 2.75) is 45.4 Å². The third-order valence-electron chi connectivity index (χ3n) is 5.00. The number of nitrogens with zero attached hydrogens (tertiary/aromatic N) is 5. The van der Waals surface area contributed by atoms with Gasteiger partial charge in [-0.15, -0.1) is 10.2 Å². The monoisotopic (exact) mass is 368 g/mol. The van der Waals surface area contributed by atoms with Crippen molar-refractivity contribution < 1.29 is 9.53 Å². The van der Waals surface area contributed by atoms with E-state index in [1.807, 2.05) is 46.5 Å². The molecule has 8 heteroatoms. The molecule has 0 spiro atoms. The van der Waals surface area contributed by atoms with Crippen LogP contribution in [0.25, 0.3) is 5.65 Å². The molecule has 1 aliphatic rings. The van der Waals surface area contributed by atoms with Crippen LogP contribution in [-0.2, 0) is 9.53 Å². The van der Waals surface area contributed by atoms with Crippen LogP contribution in [0.3, 0.4) is 0 Å². The van der Waals surface area contributed by atoms with Crippen molar-refractivity contribution >= 4 is 11.6 Å². The van der Waals surface area contributed by atoms with Gasteiger partial charge in [0.2, 0.25) is 5.91 Å². The number of pyridine rings is 1. The first kappa shape index (κ1) is 17.7. The first-order valence-electron chi connectivity index (χ1n) is 9.31. The van der Waals surface area contributed by atoms with E-state index in [2.05, 4.69) is 34.5 Å². The Labute approximate surface area is 157 Å². The van der Waals surface area contributed by atoms with E-state index in [0.29, 0.717) is 18.9 Å². The Morgan fingerprint density at radius 2 is 2.11 bits per heavy atom. The fourth-order valence-corrected chi connectivity index (χ4v) is 3.67. The highest BCUT2D eigenvalue weighted by Gasteiger charge is 2.38. The Kier molecular flexibility index (Phi) is 4.65. The number of fused-ring (bicyclic) bond motifs is 1. The van der Waals surface area contributed by atoms with E-state index in [9.17, 15) is 4.79 Å². The highest BCUT2D eigenvalue weighted by molar-refractivity contribution is 5.80. The molecular weight excluding hydrogens is 344 g/mol. The van der Waals surface area contributed by atoms with Gasteiger partial charge in [0.1, 0.15) is 6.10 Å². The maximum atomic E-state index is 13.0. The molecule has 0 radical (unpaired) electrons. The standard InChI is InChI=1S/C19H24N6O2/c1-12(2)25-15(7-9-20-25)17-14(8-11-27-17)19(26)21-13(3)18-23-22-16-6-4-5-10-24(16)18/h4-7,9-10,12-14,17H,8,11H2,1-3H3,(H,21,26)/t13-,14-,17-/m0/s1. The summed E-state index contributed by atoms with van der Waals surface area (Å²) in [6.07, 6.45) is 4.07. The Morgan fingerprint density at radius 3 is 2.93 bits per heavy atom. The van der Waals surface area contributed by atoms with Gasteiger partial charge in [0.15, 0.2) is 11.5 Å². The van der Waals surface area contributed by atoms with Gasteiger partial charge in [-0.1, -0.05) is 6.07 Å². The fourth-order valence-electron chi connectivity index (χ4n) is 3.67. The second-order valence-corrected chi connectivity index (χ2v) is 7.20. The maximum Gasteiger partial charge on any atom is 0.226 e. The Morgan fingerprint density at radius 1 is 1.26 bits per heavy atom. The largest absolute Gasteiger partial charge is 0.371 e. The molecule has 27 heavy (non-hydrogen) atoms. The Hall–Kier alpha value is -2.74. The molecule has 3 atom stereocenters. The molecule has 142 valence electrons. The van der Waals surface area contributed by atoms with Crippen molar-refractivity contribution in [3.63, 3.8) is 0 Å². The quantitative estimate of drug-likeness (QED) is 0.748. The van der Waals surface area contributed by atoms with E-state index in [1.165, 1.54) is 0 Å². The van der Waals surface area contributed by atoms with Crippen LogP contribution < -0.4 is 5.32 Å². The number of carbonyl (C=O) groups excluding carboxylic acids is 1. The summed E-state index contributed by atoms with van der Waals surface area (Å²) in [4.78, 5) is 13.0. The van der Waals surface area contributed by atoms with Crippen LogP contribution in [0.15, 0.2) is 36.7 Å². The molecule has 0 saturated carbocycles. The van der Waals surface area contributed by atoms with Crippen molar-refractivity contribution in [2.75, 3.05) is 6.61 Å². The van der Waals surface area contributed by atoms with Gasteiger partial charge < -0.3 is 10.1 Å². The number of ether oxygens (including phenoxy) is 1. The van der Waals surface area contributed by atoms with E-state index < -0.39 is 0 Å². The predicted octanol–water partition coefficient (Wildman–Crippen LogP) is 2.46. The molecule has 0 aliphatic carbocycles. The van der Waals surface area contributed by atoms with Crippen molar-refractivity contribution in [1.29, 1.82) is 0 Å². The number of aromatic nitrogens is 5.